The molecule has 31 heavy (non-hydrogen) atoms. The van der Waals surface area contributed by atoms with Gasteiger partial charge in [-0.1, -0.05) is 50.1 Å². The van der Waals surface area contributed by atoms with E-state index in [1.807, 2.05) is 70.2 Å². The van der Waals surface area contributed by atoms with E-state index in [2.05, 4.69) is 13.0 Å². The Morgan fingerprint density at radius 1 is 0.935 bits per heavy atom. The highest BCUT2D eigenvalue weighted by molar-refractivity contribution is 5.51. The summed E-state index contributed by atoms with van der Waals surface area (Å²) in [6.45, 7) is 11.3. The Hall–Kier alpha value is -2.67. The van der Waals surface area contributed by atoms with Crippen LogP contribution in [0.1, 0.15) is 71.4 Å². The van der Waals surface area contributed by atoms with Crippen LogP contribution < -0.4 is 14.2 Å². The van der Waals surface area contributed by atoms with Gasteiger partial charge in [-0.3, -0.25) is 0 Å². The topological polar surface area (TPSA) is 51.5 Å². The van der Waals surface area contributed by atoms with Gasteiger partial charge in [0.25, 0.3) is 0 Å². The van der Waals surface area contributed by atoms with Crippen LogP contribution >= 0.6 is 0 Å². The molecular weight excluding hydrogens is 386 g/mol. The molecule has 0 amide bonds. The van der Waals surface area contributed by atoms with Crippen LogP contribution in [-0.2, 0) is 13.0 Å². The molecule has 4 heteroatoms. The number of unbranched alkanes of at least 4 members (excludes halogenated alkanes) is 2. The fourth-order valence-electron chi connectivity index (χ4n) is 3.27. The first-order valence-electron chi connectivity index (χ1n) is 11.4. The second kappa shape index (κ2) is 12.2. The Morgan fingerprint density at radius 2 is 1.68 bits per heavy atom. The lowest BCUT2D eigenvalue weighted by Gasteiger charge is -2.19. The third-order valence-corrected chi connectivity index (χ3v) is 5.11. The average molecular weight is 424 g/mol. The Labute approximate surface area is 188 Å². The molecule has 168 valence electrons. The van der Waals surface area contributed by atoms with E-state index in [1.165, 1.54) is 0 Å². The van der Waals surface area contributed by atoms with Crippen LogP contribution in [0.5, 0.6) is 17.2 Å². The zero-order chi connectivity index (χ0) is 22.7. The molecule has 0 spiro atoms. The van der Waals surface area contributed by atoms with Gasteiger partial charge in [0.2, 0.25) is 0 Å². The van der Waals surface area contributed by atoms with Crippen molar-refractivity contribution >= 4 is 0 Å². The molecule has 0 aliphatic carbocycles. The highest BCUT2D eigenvalue weighted by Crippen LogP contribution is 2.37. The van der Waals surface area contributed by atoms with Crippen molar-refractivity contribution in [3.05, 3.63) is 53.6 Å². The molecule has 0 N–H and O–H groups in total. The van der Waals surface area contributed by atoms with Crippen LogP contribution in [-0.4, -0.2) is 12.7 Å². The number of nitriles is 1. The first kappa shape index (κ1) is 24.6. The minimum Gasteiger partial charge on any atom is -0.493 e. The van der Waals surface area contributed by atoms with Gasteiger partial charge >= 0.3 is 0 Å². The lowest BCUT2D eigenvalue weighted by molar-refractivity contribution is 0.216. The van der Waals surface area contributed by atoms with Crippen molar-refractivity contribution in [3.63, 3.8) is 0 Å². The molecule has 0 aliphatic rings. The van der Waals surface area contributed by atoms with Crippen LogP contribution in [0.25, 0.3) is 0 Å². The number of rotatable bonds is 13. The Balaban J connectivity index is 2.03. The summed E-state index contributed by atoms with van der Waals surface area (Å²) in [6, 6.07) is 16.5. The molecule has 0 saturated carbocycles. The summed E-state index contributed by atoms with van der Waals surface area (Å²) in [5, 5.41) is 9.13. The van der Waals surface area contributed by atoms with Gasteiger partial charge in [0.05, 0.1) is 24.2 Å². The molecular formula is C27H37NO3. The molecule has 0 bridgehead atoms. The molecule has 0 atom stereocenters. The van der Waals surface area contributed by atoms with E-state index in [-0.39, 0.29) is 11.5 Å². The maximum atomic E-state index is 9.13. The number of hydrogen-bond donors (Lipinski definition) is 0. The summed E-state index contributed by atoms with van der Waals surface area (Å²) >= 11 is 0. The number of hydrogen-bond acceptors (Lipinski definition) is 4. The van der Waals surface area contributed by atoms with Gasteiger partial charge in [0.15, 0.2) is 11.5 Å². The summed E-state index contributed by atoms with van der Waals surface area (Å²) in [4.78, 5) is 0. The van der Waals surface area contributed by atoms with E-state index in [4.69, 9.17) is 19.5 Å². The van der Waals surface area contributed by atoms with Crippen LogP contribution in [0.2, 0.25) is 0 Å². The van der Waals surface area contributed by atoms with E-state index in [0.29, 0.717) is 19.0 Å². The Morgan fingerprint density at radius 3 is 2.32 bits per heavy atom. The van der Waals surface area contributed by atoms with Crippen LogP contribution in [0.4, 0.5) is 0 Å². The summed E-state index contributed by atoms with van der Waals surface area (Å²) in [5.41, 5.74) is 1.99. The summed E-state index contributed by atoms with van der Waals surface area (Å²) in [5.74, 6) is 2.33. The van der Waals surface area contributed by atoms with Crippen molar-refractivity contribution in [1.82, 2.24) is 0 Å². The molecule has 0 radical (unpaired) electrons. The summed E-state index contributed by atoms with van der Waals surface area (Å²) in [6.07, 6.45) is 4.90. The maximum Gasteiger partial charge on any atom is 0.165 e. The maximum absolute atomic E-state index is 9.13. The van der Waals surface area contributed by atoms with Gasteiger partial charge in [-0.25, -0.2) is 0 Å². The number of nitrogens with zero attached hydrogens (tertiary/aromatic N) is 1. The number of benzene rings is 2. The Bertz CT molecular complexity index is 838. The van der Waals surface area contributed by atoms with E-state index < -0.39 is 0 Å². The zero-order valence-electron chi connectivity index (χ0n) is 19.7. The second-order valence-electron chi connectivity index (χ2n) is 8.86. The lowest BCUT2D eigenvalue weighted by Crippen LogP contribution is -2.09. The van der Waals surface area contributed by atoms with E-state index in [1.54, 1.807) is 0 Å². The third-order valence-electron chi connectivity index (χ3n) is 5.11. The third kappa shape index (κ3) is 8.53. The summed E-state index contributed by atoms with van der Waals surface area (Å²) < 4.78 is 18.3. The van der Waals surface area contributed by atoms with Crippen LogP contribution in [0.15, 0.2) is 42.5 Å². The first-order chi connectivity index (χ1) is 14.8. The fourth-order valence-corrected chi connectivity index (χ4v) is 3.27. The quantitative estimate of drug-likeness (QED) is 0.322. The largest absolute Gasteiger partial charge is 0.493 e. The second-order valence-corrected chi connectivity index (χ2v) is 8.86. The van der Waals surface area contributed by atoms with Crippen molar-refractivity contribution in [1.29, 1.82) is 5.26 Å². The van der Waals surface area contributed by atoms with Gasteiger partial charge < -0.3 is 14.2 Å². The molecule has 0 heterocycles. The number of ether oxygens (including phenoxy) is 3. The van der Waals surface area contributed by atoms with Gasteiger partial charge in [0, 0.05) is 6.07 Å². The highest BCUT2D eigenvalue weighted by Gasteiger charge is 2.16. The van der Waals surface area contributed by atoms with Gasteiger partial charge in [-0.15, -0.1) is 0 Å². The SMILES string of the molecule is CCc1cc(OC(C)C)c(OCc2ccccc2)cc1OCCCCCC(C)(C)C#N. The molecule has 4 nitrogen and oxygen atoms in total. The molecule has 2 aromatic rings. The molecule has 0 saturated heterocycles. The molecule has 2 aromatic carbocycles. The standard InChI is InChI=1S/C27H37NO3/c1-6-23-17-26(31-21(2)3)25(30-19-22-13-9-7-10-14-22)18-24(23)29-16-12-8-11-15-27(4,5)20-28/h7,9-10,13-14,17-18,21H,6,8,11-12,15-16,19H2,1-5H3. The molecule has 0 aliphatic heterocycles. The summed E-state index contributed by atoms with van der Waals surface area (Å²) in [7, 11) is 0. The van der Waals surface area contributed by atoms with Crippen LogP contribution in [0, 0.1) is 16.7 Å². The monoisotopic (exact) mass is 423 g/mol. The lowest BCUT2D eigenvalue weighted by atomic mass is 9.89. The smallest absolute Gasteiger partial charge is 0.165 e. The van der Waals surface area contributed by atoms with Crippen LogP contribution in [0.3, 0.4) is 0 Å². The molecule has 0 aromatic heterocycles. The van der Waals surface area contributed by atoms with E-state index in [0.717, 1.165) is 54.7 Å². The Kier molecular flexibility index (Phi) is 9.72. The van der Waals surface area contributed by atoms with E-state index in [9.17, 15) is 0 Å². The molecule has 2 rings (SSSR count). The van der Waals surface area contributed by atoms with Gasteiger partial charge in [-0.2, -0.15) is 5.26 Å². The highest BCUT2D eigenvalue weighted by atomic mass is 16.5. The predicted molar refractivity (Wildman–Crippen MR) is 126 cm³/mol. The average Bonchev–Trinajstić information content (AvgIpc) is 2.75. The van der Waals surface area contributed by atoms with Gasteiger partial charge in [0.1, 0.15) is 12.4 Å². The van der Waals surface area contributed by atoms with Crippen molar-refractivity contribution in [3.8, 4) is 23.3 Å². The molecule has 0 unspecified atom stereocenters. The fraction of sp³-hybridized carbons (Fsp3) is 0.519. The van der Waals surface area contributed by atoms with Crippen molar-refractivity contribution in [2.75, 3.05) is 6.61 Å². The minimum atomic E-state index is -0.243. The normalized spacial score (nSPS) is 11.3. The van der Waals surface area contributed by atoms with Gasteiger partial charge in [-0.05, 0) is 64.2 Å². The van der Waals surface area contributed by atoms with Crippen molar-refractivity contribution in [2.45, 2.75) is 79.4 Å². The minimum absolute atomic E-state index is 0.0632. The van der Waals surface area contributed by atoms with Crippen molar-refractivity contribution < 1.29 is 14.2 Å². The zero-order valence-corrected chi connectivity index (χ0v) is 19.7. The van der Waals surface area contributed by atoms with Crippen molar-refractivity contribution in [2.24, 2.45) is 5.41 Å². The van der Waals surface area contributed by atoms with E-state index >= 15 is 0 Å². The predicted octanol–water partition coefficient (Wildman–Crippen LogP) is 7.10. The first-order valence-corrected chi connectivity index (χ1v) is 11.4. The molecule has 0 fully saturated rings. The number of aryl methyl sites for hydroxylation is 1.